The van der Waals surface area contributed by atoms with Gasteiger partial charge in [0.25, 0.3) is 5.91 Å². The minimum atomic E-state index is -4.53. The van der Waals surface area contributed by atoms with Gasteiger partial charge in [0.1, 0.15) is 0 Å². The predicted octanol–water partition coefficient (Wildman–Crippen LogP) is 1.79. The fraction of sp³-hybridized carbons (Fsp3) is 0.417. The fourth-order valence-corrected chi connectivity index (χ4v) is 2.05. The highest BCUT2D eigenvalue weighted by Crippen LogP contribution is 2.31. The molecular formula is C12H15F3N2O2S. The summed E-state index contributed by atoms with van der Waals surface area (Å²) in [7, 11) is -0.969. The van der Waals surface area contributed by atoms with Crippen molar-refractivity contribution in [2.45, 2.75) is 12.6 Å². The molecule has 1 atom stereocenters. The van der Waals surface area contributed by atoms with Crippen molar-refractivity contribution in [3.05, 3.63) is 29.3 Å². The molecule has 4 nitrogen and oxygen atoms in total. The van der Waals surface area contributed by atoms with Crippen LogP contribution in [0, 0.1) is 0 Å². The Hall–Kier alpha value is -1.57. The number of amides is 1. The van der Waals surface area contributed by atoms with Crippen molar-refractivity contribution in [2.75, 3.05) is 24.3 Å². The maximum atomic E-state index is 12.6. The Kier molecular flexibility index (Phi) is 5.55. The van der Waals surface area contributed by atoms with Gasteiger partial charge in [-0.1, -0.05) is 0 Å². The molecule has 0 saturated carbocycles. The Morgan fingerprint density at radius 3 is 2.60 bits per heavy atom. The number of nitrogen functional groups attached to an aromatic ring is 1. The van der Waals surface area contributed by atoms with Gasteiger partial charge >= 0.3 is 6.18 Å². The van der Waals surface area contributed by atoms with Gasteiger partial charge in [-0.3, -0.25) is 9.00 Å². The molecule has 0 radical (unpaired) electrons. The molecule has 0 aromatic heterocycles. The van der Waals surface area contributed by atoms with Crippen molar-refractivity contribution in [2.24, 2.45) is 0 Å². The molecule has 20 heavy (non-hydrogen) atoms. The van der Waals surface area contributed by atoms with Gasteiger partial charge in [0.05, 0.1) is 11.1 Å². The van der Waals surface area contributed by atoms with Crippen LogP contribution < -0.4 is 11.1 Å². The number of hydrogen-bond donors (Lipinski definition) is 2. The van der Waals surface area contributed by atoms with Crippen LogP contribution in [-0.2, 0) is 17.0 Å². The zero-order valence-electron chi connectivity index (χ0n) is 10.8. The molecule has 1 aromatic carbocycles. The molecule has 0 saturated heterocycles. The summed E-state index contributed by atoms with van der Waals surface area (Å²) in [6.45, 7) is 0.230. The first-order chi connectivity index (χ1) is 9.21. The molecule has 0 aliphatic heterocycles. The van der Waals surface area contributed by atoms with Crippen LogP contribution in [0.15, 0.2) is 18.2 Å². The number of carbonyl (C=O) groups excluding carboxylic acids is 1. The Bertz CT molecular complexity index is 518. The van der Waals surface area contributed by atoms with Gasteiger partial charge in [0.2, 0.25) is 0 Å². The van der Waals surface area contributed by atoms with E-state index in [1.54, 1.807) is 0 Å². The Morgan fingerprint density at radius 1 is 1.40 bits per heavy atom. The molecule has 1 unspecified atom stereocenters. The van der Waals surface area contributed by atoms with Crippen LogP contribution in [0.25, 0.3) is 0 Å². The zero-order valence-corrected chi connectivity index (χ0v) is 11.6. The van der Waals surface area contributed by atoms with E-state index in [2.05, 4.69) is 5.32 Å². The minimum Gasteiger partial charge on any atom is -0.398 e. The van der Waals surface area contributed by atoms with Crippen LogP contribution in [0.3, 0.4) is 0 Å². The second kappa shape index (κ2) is 6.74. The van der Waals surface area contributed by atoms with Crippen LogP contribution in [0.4, 0.5) is 18.9 Å². The number of benzene rings is 1. The molecule has 0 heterocycles. The average Bonchev–Trinajstić information content (AvgIpc) is 2.33. The molecule has 0 spiro atoms. The highest BCUT2D eigenvalue weighted by atomic mass is 32.2. The van der Waals surface area contributed by atoms with Gasteiger partial charge in [0, 0.05) is 35.0 Å². The standard InChI is InChI=1S/C12H15F3N2O2S/c1-20(19)6-2-5-17-11(18)9-7-8(12(13,14)15)3-4-10(9)16/h3-4,7H,2,5-6,16H2,1H3,(H,17,18). The van der Waals surface area contributed by atoms with Crippen molar-refractivity contribution >= 4 is 22.4 Å². The molecule has 1 rings (SSSR count). The monoisotopic (exact) mass is 308 g/mol. The lowest BCUT2D eigenvalue weighted by Crippen LogP contribution is -2.26. The topological polar surface area (TPSA) is 72.2 Å². The van der Waals surface area contributed by atoms with Gasteiger partial charge in [-0.25, -0.2) is 0 Å². The van der Waals surface area contributed by atoms with E-state index < -0.39 is 28.4 Å². The number of hydrogen-bond acceptors (Lipinski definition) is 3. The molecule has 0 bridgehead atoms. The third-order valence-electron chi connectivity index (χ3n) is 2.52. The third-order valence-corrected chi connectivity index (χ3v) is 3.38. The molecule has 1 amide bonds. The quantitative estimate of drug-likeness (QED) is 0.643. The lowest BCUT2D eigenvalue weighted by molar-refractivity contribution is -0.137. The summed E-state index contributed by atoms with van der Waals surface area (Å²) in [5.41, 5.74) is 4.36. The van der Waals surface area contributed by atoms with Crippen LogP contribution in [-0.4, -0.2) is 28.7 Å². The number of rotatable bonds is 5. The number of halogens is 3. The van der Waals surface area contributed by atoms with E-state index in [0.717, 1.165) is 18.2 Å². The first-order valence-electron chi connectivity index (χ1n) is 5.76. The SMILES string of the molecule is CS(=O)CCCNC(=O)c1cc(C(F)(F)F)ccc1N. The van der Waals surface area contributed by atoms with Crippen molar-refractivity contribution in [3.63, 3.8) is 0 Å². The Morgan fingerprint density at radius 2 is 2.05 bits per heavy atom. The number of nitrogens with one attached hydrogen (secondary N) is 1. The van der Waals surface area contributed by atoms with Gasteiger partial charge in [0.15, 0.2) is 0 Å². The Labute approximate surface area is 117 Å². The first kappa shape index (κ1) is 16.5. The van der Waals surface area contributed by atoms with E-state index in [-0.39, 0.29) is 17.8 Å². The Balaban J connectivity index is 2.74. The molecule has 112 valence electrons. The van der Waals surface area contributed by atoms with E-state index in [0.29, 0.717) is 12.2 Å². The van der Waals surface area contributed by atoms with Crippen molar-refractivity contribution in [3.8, 4) is 0 Å². The van der Waals surface area contributed by atoms with E-state index in [9.17, 15) is 22.2 Å². The summed E-state index contributed by atoms with van der Waals surface area (Å²) >= 11 is 0. The summed E-state index contributed by atoms with van der Waals surface area (Å²) in [6.07, 6.45) is -2.51. The van der Waals surface area contributed by atoms with Crippen LogP contribution in [0.2, 0.25) is 0 Å². The summed E-state index contributed by atoms with van der Waals surface area (Å²) in [6, 6.07) is 2.60. The molecule has 3 N–H and O–H groups in total. The molecular weight excluding hydrogens is 293 g/mol. The molecule has 8 heteroatoms. The van der Waals surface area contributed by atoms with Crippen LogP contribution in [0.5, 0.6) is 0 Å². The average molecular weight is 308 g/mol. The highest BCUT2D eigenvalue weighted by molar-refractivity contribution is 7.84. The summed E-state index contributed by atoms with van der Waals surface area (Å²) in [5.74, 6) is -0.256. The van der Waals surface area contributed by atoms with Crippen molar-refractivity contribution < 1.29 is 22.2 Å². The second-order valence-corrected chi connectivity index (χ2v) is 5.74. The molecule has 1 aromatic rings. The number of anilines is 1. The van der Waals surface area contributed by atoms with E-state index in [1.165, 1.54) is 6.26 Å². The van der Waals surface area contributed by atoms with Crippen LogP contribution in [0.1, 0.15) is 22.3 Å². The predicted molar refractivity (Wildman–Crippen MR) is 71.7 cm³/mol. The zero-order chi connectivity index (χ0) is 15.3. The van der Waals surface area contributed by atoms with E-state index in [1.807, 2.05) is 0 Å². The number of alkyl halides is 3. The maximum absolute atomic E-state index is 12.6. The second-order valence-electron chi connectivity index (χ2n) is 4.19. The molecule has 0 aliphatic rings. The smallest absolute Gasteiger partial charge is 0.398 e. The summed E-state index contributed by atoms with van der Waals surface area (Å²) in [4.78, 5) is 11.8. The lowest BCUT2D eigenvalue weighted by Gasteiger charge is -2.11. The maximum Gasteiger partial charge on any atom is 0.416 e. The van der Waals surface area contributed by atoms with Gasteiger partial charge in [-0.15, -0.1) is 0 Å². The fourth-order valence-electron chi connectivity index (χ4n) is 1.50. The minimum absolute atomic E-state index is 0.0189. The summed E-state index contributed by atoms with van der Waals surface area (Å²) < 4.78 is 48.5. The highest BCUT2D eigenvalue weighted by Gasteiger charge is 2.31. The lowest BCUT2D eigenvalue weighted by atomic mass is 10.1. The molecule has 0 aliphatic carbocycles. The molecule has 0 fully saturated rings. The normalized spacial score (nSPS) is 13.0. The van der Waals surface area contributed by atoms with Gasteiger partial charge < -0.3 is 11.1 Å². The van der Waals surface area contributed by atoms with Crippen molar-refractivity contribution in [1.29, 1.82) is 0 Å². The van der Waals surface area contributed by atoms with Gasteiger partial charge in [-0.2, -0.15) is 13.2 Å². The number of carbonyl (C=O) groups is 1. The van der Waals surface area contributed by atoms with Crippen molar-refractivity contribution in [1.82, 2.24) is 5.32 Å². The van der Waals surface area contributed by atoms with Gasteiger partial charge in [-0.05, 0) is 24.6 Å². The van der Waals surface area contributed by atoms with Crippen LogP contribution >= 0.6 is 0 Å². The van der Waals surface area contributed by atoms with E-state index in [4.69, 9.17) is 5.73 Å². The first-order valence-corrected chi connectivity index (χ1v) is 7.49. The largest absolute Gasteiger partial charge is 0.416 e. The van der Waals surface area contributed by atoms with E-state index >= 15 is 0 Å². The third kappa shape index (κ3) is 4.84. The summed E-state index contributed by atoms with van der Waals surface area (Å²) in [5, 5.41) is 2.45. The number of nitrogens with two attached hydrogens (primary N) is 1.